The van der Waals surface area contributed by atoms with E-state index in [4.69, 9.17) is 11.6 Å². The predicted molar refractivity (Wildman–Crippen MR) is 64.9 cm³/mol. The Morgan fingerprint density at radius 1 is 1.50 bits per heavy atom. The fourth-order valence-corrected chi connectivity index (χ4v) is 2.04. The Balaban J connectivity index is 2.83. The van der Waals surface area contributed by atoms with Crippen molar-refractivity contribution in [2.75, 3.05) is 5.88 Å². The lowest BCUT2D eigenvalue weighted by molar-refractivity contribution is -0.385. The van der Waals surface area contributed by atoms with E-state index in [2.05, 4.69) is 0 Å². The molecule has 0 atom stereocenters. The van der Waals surface area contributed by atoms with Gasteiger partial charge in [-0.3, -0.25) is 10.1 Å². The molecule has 0 saturated carbocycles. The summed E-state index contributed by atoms with van der Waals surface area (Å²) in [5.74, 6) is 0.619. The van der Waals surface area contributed by atoms with Crippen LogP contribution in [0.5, 0.6) is 0 Å². The van der Waals surface area contributed by atoms with Crippen molar-refractivity contribution in [3.8, 4) is 0 Å². The van der Waals surface area contributed by atoms with Crippen LogP contribution in [0.4, 0.5) is 5.69 Å². The monoisotopic (exact) mass is 325 g/mol. The van der Waals surface area contributed by atoms with E-state index in [9.17, 15) is 10.1 Å². The Bertz CT molecular complexity index is 344. The van der Waals surface area contributed by atoms with Gasteiger partial charge < -0.3 is 0 Å². The lowest BCUT2D eigenvalue weighted by Gasteiger charge is -2.00. The van der Waals surface area contributed by atoms with Crippen LogP contribution in [-0.2, 0) is 6.42 Å². The number of aryl methyl sites for hydroxylation is 1. The Kier molecular flexibility index (Phi) is 4.60. The first-order chi connectivity index (χ1) is 6.65. The maximum absolute atomic E-state index is 10.5. The molecule has 0 saturated heterocycles. The van der Waals surface area contributed by atoms with Crippen LogP contribution in [0, 0.1) is 13.7 Å². The van der Waals surface area contributed by atoms with Gasteiger partial charge in [-0.2, -0.15) is 0 Å². The van der Waals surface area contributed by atoms with Crippen LogP contribution >= 0.6 is 34.2 Å². The van der Waals surface area contributed by atoms with E-state index in [-0.39, 0.29) is 10.6 Å². The largest absolute Gasteiger partial charge is 0.282 e. The van der Waals surface area contributed by atoms with Gasteiger partial charge in [0, 0.05) is 11.9 Å². The van der Waals surface area contributed by atoms with E-state index in [0.717, 1.165) is 18.4 Å². The lowest BCUT2D eigenvalue weighted by atomic mass is 10.1. The minimum Gasteiger partial charge on any atom is -0.258 e. The Hall–Kier alpha value is -0.360. The highest BCUT2D eigenvalue weighted by Crippen LogP contribution is 2.22. The Labute approximate surface area is 101 Å². The normalized spacial score (nSPS) is 10.1. The molecule has 76 valence electrons. The van der Waals surface area contributed by atoms with Crippen molar-refractivity contribution in [3.63, 3.8) is 0 Å². The SMILES string of the molecule is O=[N+]([O-])c1ccc(CCCCl)cc1I. The molecular weight excluding hydrogens is 316 g/mol. The summed E-state index contributed by atoms with van der Waals surface area (Å²) >= 11 is 7.54. The van der Waals surface area contributed by atoms with E-state index in [1.807, 2.05) is 28.7 Å². The number of nitrogens with zero attached hydrogens (tertiary/aromatic N) is 1. The highest BCUT2D eigenvalue weighted by atomic mass is 127. The number of alkyl halides is 1. The van der Waals surface area contributed by atoms with E-state index in [1.165, 1.54) is 0 Å². The van der Waals surface area contributed by atoms with Gasteiger partial charge in [-0.25, -0.2) is 0 Å². The van der Waals surface area contributed by atoms with Crippen molar-refractivity contribution in [1.82, 2.24) is 0 Å². The third-order valence-electron chi connectivity index (χ3n) is 1.81. The highest BCUT2D eigenvalue weighted by molar-refractivity contribution is 14.1. The first-order valence-corrected chi connectivity index (χ1v) is 5.75. The second kappa shape index (κ2) is 5.50. The van der Waals surface area contributed by atoms with Gasteiger partial charge in [-0.15, -0.1) is 11.6 Å². The highest BCUT2D eigenvalue weighted by Gasteiger charge is 2.10. The van der Waals surface area contributed by atoms with Gasteiger partial charge in [0.2, 0.25) is 0 Å². The van der Waals surface area contributed by atoms with Crippen LogP contribution in [0.1, 0.15) is 12.0 Å². The third kappa shape index (κ3) is 3.09. The molecule has 14 heavy (non-hydrogen) atoms. The van der Waals surface area contributed by atoms with Gasteiger partial charge in [0.15, 0.2) is 0 Å². The average molecular weight is 326 g/mol. The molecule has 0 fully saturated rings. The number of halogens is 2. The van der Waals surface area contributed by atoms with Crippen LogP contribution in [0.3, 0.4) is 0 Å². The molecule has 0 bridgehead atoms. The van der Waals surface area contributed by atoms with Crippen molar-refractivity contribution in [3.05, 3.63) is 37.4 Å². The van der Waals surface area contributed by atoms with E-state index in [0.29, 0.717) is 9.45 Å². The van der Waals surface area contributed by atoms with Crippen LogP contribution in [-0.4, -0.2) is 10.8 Å². The lowest BCUT2D eigenvalue weighted by Crippen LogP contribution is -1.93. The zero-order chi connectivity index (χ0) is 10.6. The summed E-state index contributed by atoms with van der Waals surface area (Å²) in [6.07, 6.45) is 1.77. The molecule has 1 aromatic carbocycles. The molecule has 0 N–H and O–H groups in total. The standard InChI is InChI=1S/C9H9ClINO2/c10-5-1-2-7-3-4-9(12(13)14)8(11)6-7/h3-4,6H,1-2,5H2. The Morgan fingerprint density at radius 2 is 2.21 bits per heavy atom. The molecule has 3 nitrogen and oxygen atoms in total. The fraction of sp³-hybridized carbons (Fsp3) is 0.333. The van der Waals surface area contributed by atoms with Crippen LogP contribution in [0.25, 0.3) is 0 Å². The van der Waals surface area contributed by atoms with Gasteiger partial charge >= 0.3 is 0 Å². The minimum atomic E-state index is -0.368. The van der Waals surface area contributed by atoms with Crippen molar-refractivity contribution in [1.29, 1.82) is 0 Å². The zero-order valence-electron chi connectivity index (χ0n) is 7.37. The summed E-state index contributed by atoms with van der Waals surface area (Å²) in [6.45, 7) is 0. The summed E-state index contributed by atoms with van der Waals surface area (Å²) < 4.78 is 0.680. The van der Waals surface area contributed by atoms with Gasteiger partial charge in [-0.1, -0.05) is 6.07 Å². The molecule has 0 aliphatic rings. The third-order valence-corrected chi connectivity index (χ3v) is 2.94. The van der Waals surface area contributed by atoms with Gasteiger partial charge in [0.25, 0.3) is 5.69 Å². The maximum atomic E-state index is 10.5. The van der Waals surface area contributed by atoms with Crippen molar-refractivity contribution < 1.29 is 4.92 Å². The van der Waals surface area contributed by atoms with Crippen LogP contribution < -0.4 is 0 Å². The first-order valence-electron chi connectivity index (χ1n) is 4.14. The van der Waals surface area contributed by atoms with Gasteiger partial charge in [0.05, 0.1) is 8.49 Å². The van der Waals surface area contributed by atoms with Gasteiger partial charge in [0.1, 0.15) is 0 Å². The minimum absolute atomic E-state index is 0.167. The molecule has 0 amide bonds. The summed E-state index contributed by atoms with van der Waals surface area (Å²) in [7, 11) is 0. The Morgan fingerprint density at radius 3 is 2.71 bits per heavy atom. The molecule has 0 radical (unpaired) electrons. The van der Waals surface area contributed by atoms with E-state index >= 15 is 0 Å². The second-order valence-electron chi connectivity index (χ2n) is 2.84. The number of nitro benzene ring substituents is 1. The summed E-state index contributed by atoms with van der Waals surface area (Å²) in [5, 5.41) is 10.5. The number of rotatable bonds is 4. The average Bonchev–Trinajstić information content (AvgIpc) is 2.14. The van der Waals surface area contributed by atoms with Crippen LogP contribution in [0.2, 0.25) is 0 Å². The molecule has 0 heterocycles. The van der Waals surface area contributed by atoms with E-state index < -0.39 is 0 Å². The smallest absolute Gasteiger partial charge is 0.258 e. The molecule has 0 unspecified atom stereocenters. The number of hydrogen-bond donors (Lipinski definition) is 0. The first kappa shape index (κ1) is 11.7. The second-order valence-corrected chi connectivity index (χ2v) is 4.38. The predicted octanol–water partition coefficient (Wildman–Crippen LogP) is 3.37. The maximum Gasteiger partial charge on any atom is 0.282 e. The number of hydrogen-bond acceptors (Lipinski definition) is 2. The molecule has 0 aliphatic heterocycles. The van der Waals surface area contributed by atoms with Crippen molar-refractivity contribution in [2.45, 2.75) is 12.8 Å². The number of nitro groups is 1. The van der Waals surface area contributed by atoms with Crippen molar-refractivity contribution in [2.24, 2.45) is 0 Å². The molecule has 5 heteroatoms. The van der Waals surface area contributed by atoms with E-state index in [1.54, 1.807) is 12.1 Å². The fourth-order valence-electron chi connectivity index (χ4n) is 1.12. The topological polar surface area (TPSA) is 43.1 Å². The van der Waals surface area contributed by atoms with Crippen molar-refractivity contribution >= 4 is 39.9 Å². The number of benzene rings is 1. The zero-order valence-corrected chi connectivity index (χ0v) is 10.3. The molecule has 1 rings (SSSR count). The quantitative estimate of drug-likeness (QED) is 0.369. The molecule has 0 aromatic heterocycles. The molecule has 0 spiro atoms. The summed E-state index contributed by atoms with van der Waals surface area (Å²) in [4.78, 5) is 10.2. The summed E-state index contributed by atoms with van der Waals surface area (Å²) in [6, 6.07) is 5.17. The molecule has 1 aromatic rings. The summed E-state index contributed by atoms with van der Waals surface area (Å²) in [5.41, 5.74) is 1.26. The van der Waals surface area contributed by atoms with Crippen LogP contribution in [0.15, 0.2) is 18.2 Å². The molecule has 0 aliphatic carbocycles. The van der Waals surface area contributed by atoms with Gasteiger partial charge in [-0.05, 0) is 47.1 Å². The molecular formula is C9H9ClINO2.